The number of benzene rings is 2. The van der Waals surface area contributed by atoms with E-state index in [1.54, 1.807) is 32.0 Å². The number of halogens is 1. The molecule has 158 valence electrons. The van der Waals surface area contributed by atoms with E-state index in [1.807, 2.05) is 18.7 Å². The normalized spacial score (nSPS) is 11.5. The smallest absolute Gasteiger partial charge is 0.258 e. The van der Waals surface area contributed by atoms with E-state index in [0.717, 1.165) is 0 Å². The van der Waals surface area contributed by atoms with Gasteiger partial charge in [-0.05, 0) is 44.2 Å². The fraction of sp³-hybridized carbons (Fsp3) is 0.381. The molecule has 0 aromatic heterocycles. The van der Waals surface area contributed by atoms with Crippen molar-refractivity contribution < 1.29 is 17.6 Å². The number of sulfonamides is 1. The van der Waals surface area contributed by atoms with Crippen LogP contribution < -0.4 is 10.2 Å². The molecule has 8 heteroatoms. The summed E-state index contributed by atoms with van der Waals surface area (Å²) >= 11 is 0. The molecule has 0 aliphatic heterocycles. The number of carbonyl (C=O) groups is 1. The molecule has 0 saturated carbocycles. The minimum atomic E-state index is -3.70. The monoisotopic (exact) mass is 421 g/mol. The highest BCUT2D eigenvalue weighted by Crippen LogP contribution is 2.31. The van der Waals surface area contributed by atoms with Crippen molar-refractivity contribution in [2.24, 2.45) is 0 Å². The van der Waals surface area contributed by atoms with E-state index in [-0.39, 0.29) is 10.5 Å². The fourth-order valence-corrected chi connectivity index (χ4v) is 4.65. The molecular weight excluding hydrogens is 393 g/mol. The third kappa shape index (κ3) is 4.94. The maximum atomic E-state index is 14.0. The summed E-state index contributed by atoms with van der Waals surface area (Å²) in [7, 11) is -3.70. The van der Waals surface area contributed by atoms with Crippen molar-refractivity contribution in [1.82, 2.24) is 4.31 Å². The van der Waals surface area contributed by atoms with Crippen LogP contribution in [0.1, 0.15) is 38.1 Å². The third-order valence-corrected chi connectivity index (χ3v) is 6.83. The van der Waals surface area contributed by atoms with Gasteiger partial charge in [-0.15, -0.1) is 0 Å². The van der Waals surface area contributed by atoms with Crippen molar-refractivity contribution in [2.75, 3.05) is 36.4 Å². The van der Waals surface area contributed by atoms with Gasteiger partial charge in [0.1, 0.15) is 5.82 Å². The Morgan fingerprint density at radius 2 is 1.59 bits per heavy atom. The number of hydrogen-bond donors (Lipinski definition) is 1. The lowest BCUT2D eigenvalue weighted by atomic mass is 10.1. The number of anilines is 2. The lowest BCUT2D eigenvalue weighted by molar-refractivity contribution is 0.102. The van der Waals surface area contributed by atoms with Crippen LogP contribution in [0.3, 0.4) is 0 Å². The highest BCUT2D eigenvalue weighted by molar-refractivity contribution is 7.89. The predicted octanol–water partition coefficient (Wildman–Crippen LogP) is 3.95. The second kappa shape index (κ2) is 9.84. The summed E-state index contributed by atoms with van der Waals surface area (Å²) in [6, 6.07) is 10.3. The molecule has 2 aromatic rings. The number of hydrogen-bond acceptors (Lipinski definition) is 4. The minimum absolute atomic E-state index is 0.0842. The van der Waals surface area contributed by atoms with Gasteiger partial charge in [-0.2, -0.15) is 4.31 Å². The highest BCUT2D eigenvalue weighted by atomic mass is 32.2. The van der Waals surface area contributed by atoms with Gasteiger partial charge in [0.2, 0.25) is 10.0 Å². The Labute approximate surface area is 172 Å². The van der Waals surface area contributed by atoms with Crippen LogP contribution in [0, 0.1) is 5.82 Å². The second-order valence-corrected chi connectivity index (χ2v) is 8.31. The zero-order valence-corrected chi connectivity index (χ0v) is 18.1. The van der Waals surface area contributed by atoms with E-state index in [0.29, 0.717) is 37.6 Å². The molecular formula is C21H28FN3O3S. The number of nitrogens with zero attached hydrogens (tertiary/aromatic N) is 2. The quantitative estimate of drug-likeness (QED) is 0.666. The van der Waals surface area contributed by atoms with Crippen molar-refractivity contribution in [1.29, 1.82) is 0 Å². The van der Waals surface area contributed by atoms with E-state index in [1.165, 1.54) is 28.6 Å². The van der Waals surface area contributed by atoms with Crippen LogP contribution in [0.5, 0.6) is 0 Å². The summed E-state index contributed by atoms with van der Waals surface area (Å²) in [6.45, 7) is 9.49. The van der Waals surface area contributed by atoms with Crippen LogP contribution in [-0.2, 0) is 10.0 Å². The summed E-state index contributed by atoms with van der Waals surface area (Å²) in [5.74, 6) is -1.27. The first-order valence-corrected chi connectivity index (χ1v) is 11.2. The van der Waals surface area contributed by atoms with Crippen LogP contribution >= 0.6 is 0 Å². The first kappa shape index (κ1) is 22.8. The summed E-state index contributed by atoms with van der Waals surface area (Å²) < 4.78 is 41.2. The van der Waals surface area contributed by atoms with Gasteiger partial charge >= 0.3 is 0 Å². The van der Waals surface area contributed by atoms with Crippen LogP contribution in [0.2, 0.25) is 0 Å². The van der Waals surface area contributed by atoms with Crippen molar-refractivity contribution in [3.05, 3.63) is 53.8 Å². The second-order valence-electron chi connectivity index (χ2n) is 6.37. The van der Waals surface area contributed by atoms with E-state index in [4.69, 9.17) is 0 Å². The van der Waals surface area contributed by atoms with E-state index >= 15 is 0 Å². The molecule has 0 spiro atoms. The molecule has 0 atom stereocenters. The largest absolute Gasteiger partial charge is 0.370 e. The Hall–Kier alpha value is -2.45. The average Bonchev–Trinajstić information content (AvgIpc) is 2.70. The lowest BCUT2D eigenvalue weighted by Gasteiger charge is -2.26. The third-order valence-electron chi connectivity index (χ3n) is 4.78. The lowest BCUT2D eigenvalue weighted by Crippen LogP contribution is -2.31. The number of nitrogens with one attached hydrogen (secondary N) is 1. The topological polar surface area (TPSA) is 69.7 Å². The molecule has 0 fully saturated rings. The maximum Gasteiger partial charge on any atom is 0.258 e. The summed E-state index contributed by atoms with van der Waals surface area (Å²) in [5.41, 5.74) is 0.906. The van der Waals surface area contributed by atoms with Gasteiger partial charge < -0.3 is 10.2 Å². The molecule has 0 aliphatic rings. The Morgan fingerprint density at radius 3 is 2.14 bits per heavy atom. The summed E-state index contributed by atoms with van der Waals surface area (Å²) in [5, 5.41) is 2.70. The Balaban J connectivity index is 2.54. The van der Waals surface area contributed by atoms with Gasteiger partial charge in [-0.1, -0.05) is 26.0 Å². The Kier molecular flexibility index (Phi) is 7.75. The maximum absolute atomic E-state index is 14.0. The first-order valence-electron chi connectivity index (χ1n) is 9.75. The molecule has 0 heterocycles. The standard InChI is InChI=1S/C21H28FN3O3S/c1-5-24(6-2)20-14-13-16(29(27,28)25(7-3)8-4)15-19(20)23-21(26)17-11-9-10-12-18(17)22/h9-15H,5-8H2,1-4H3,(H,23,26). The summed E-state index contributed by atoms with van der Waals surface area (Å²) in [4.78, 5) is 14.7. The highest BCUT2D eigenvalue weighted by Gasteiger charge is 2.24. The van der Waals surface area contributed by atoms with E-state index in [2.05, 4.69) is 5.32 Å². The first-order chi connectivity index (χ1) is 13.8. The number of carbonyl (C=O) groups excluding carboxylic acids is 1. The fourth-order valence-electron chi connectivity index (χ4n) is 3.16. The van der Waals surface area contributed by atoms with Gasteiger partial charge in [0.25, 0.3) is 5.91 Å². The molecule has 6 nitrogen and oxygen atoms in total. The molecule has 29 heavy (non-hydrogen) atoms. The summed E-state index contributed by atoms with van der Waals surface area (Å²) in [6.07, 6.45) is 0. The van der Waals surface area contributed by atoms with Gasteiger partial charge in [-0.3, -0.25) is 4.79 Å². The SMILES string of the molecule is CCN(CC)c1ccc(S(=O)(=O)N(CC)CC)cc1NC(=O)c1ccccc1F. The van der Waals surface area contributed by atoms with Gasteiger partial charge in [0.15, 0.2) is 0 Å². The zero-order chi connectivity index (χ0) is 21.6. The number of amides is 1. The Bertz CT molecular complexity index is 955. The van der Waals surface area contributed by atoms with Crippen LogP contribution in [0.15, 0.2) is 47.4 Å². The van der Waals surface area contributed by atoms with Crippen LogP contribution in [0.25, 0.3) is 0 Å². The van der Waals surface area contributed by atoms with Gasteiger partial charge in [0.05, 0.1) is 21.8 Å². The van der Waals surface area contributed by atoms with Gasteiger partial charge in [0, 0.05) is 26.2 Å². The molecule has 2 rings (SSSR count). The molecule has 0 aliphatic carbocycles. The van der Waals surface area contributed by atoms with E-state index in [9.17, 15) is 17.6 Å². The molecule has 0 unspecified atom stereocenters. The minimum Gasteiger partial charge on any atom is -0.370 e. The van der Waals surface area contributed by atoms with Crippen molar-refractivity contribution in [2.45, 2.75) is 32.6 Å². The van der Waals surface area contributed by atoms with Crippen molar-refractivity contribution in [3.8, 4) is 0 Å². The van der Waals surface area contributed by atoms with Gasteiger partial charge in [-0.25, -0.2) is 12.8 Å². The molecule has 1 amide bonds. The van der Waals surface area contributed by atoms with Crippen LogP contribution in [-0.4, -0.2) is 44.8 Å². The number of rotatable bonds is 9. The molecule has 1 N–H and O–H groups in total. The predicted molar refractivity (Wildman–Crippen MR) is 114 cm³/mol. The zero-order valence-electron chi connectivity index (χ0n) is 17.3. The molecule has 0 radical (unpaired) electrons. The molecule has 0 bridgehead atoms. The Morgan fingerprint density at radius 1 is 0.966 bits per heavy atom. The van der Waals surface area contributed by atoms with Crippen molar-refractivity contribution >= 4 is 27.3 Å². The molecule has 2 aromatic carbocycles. The molecule has 0 saturated heterocycles. The van der Waals surface area contributed by atoms with E-state index < -0.39 is 21.7 Å². The van der Waals surface area contributed by atoms with Crippen LogP contribution in [0.4, 0.5) is 15.8 Å². The van der Waals surface area contributed by atoms with Crippen molar-refractivity contribution in [3.63, 3.8) is 0 Å². The average molecular weight is 422 g/mol.